The largest absolute Gasteiger partial charge is 0.352 e. The van der Waals surface area contributed by atoms with Crippen molar-refractivity contribution in [3.63, 3.8) is 0 Å². The van der Waals surface area contributed by atoms with Gasteiger partial charge in [-0.3, -0.25) is 4.79 Å². The standard InChI is InChI=1S/C13H17FN2O/c1-9-6-15-8-12(9)13(17)16-7-10-2-4-11(14)5-3-10/h2-5,9,12,15H,6-8H2,1H3,(H,16,17). The average Bonchev–Trinajstić information content (AvgIpc) is 2.74. The molecule has 1 amide bonds. The Morgan fingerprint density at radius 2 is 2.12 bits per heavy atom. The minimum atomic E-state index is -0.256. The van der Waals surface area contributed by atoms with Crippen LogP contribution in [0.4, 0.5) is 4.39 Å². The van der Waals surface area contributed by atoms with Gasteiger partial charge in [0, 0.05) is 13.1 Å². The van der Waals surface area contributed by atoms with Gasteiger partial charge >= 0.3 is 0 Å². The van der Waals surface area contributed by atoms with Crippen molar-refractivity contribution in [2.75, 3.05) is 13.1 Å². The van der Waals surface area contributed by atoms with Crippen molar-refractivity contribution in [3.8, 4) is 0 Å². The highest BCUT2D eigenvalue weighted by atomic mass is 19.1. The minimum absolute atomic E-state index is 0.0513. The van der Waals surface area contributed by atoms with E-state index < -0.39 is 0 Å². The van der Waals surface area contributed by atoms with Crippen LogP contribution < -0.4 is 10.6 Å². The summed E-state index contributed by atoms with van der Waals surface area (Å²) in [5, 5.41) is 6.09. The Labute approximate surface area is 100 Å². The smallest absolute Gasteiger partial charge is 0.224 e. The summed E-state index contributed by atoms with van der Waals surface area (Å²) in [7, 11) is 0. The molecule has 0 saturated carbocycles. The molecule has 4 heteroatoms. The third kappa shape index (κ3) is 3.03. The molecule has 0 bridgehead atoms. The molecule has 1 aromatic carbocycles. The molecule has 1 aliphatic rings. The molecule has 1 heterocycles. The molecule has 0 aliphatic carbocycles. The molecule has 0 spiro atoms. The molecule has 1 saturated heterocycles. The topological polar surface area (TPSA) is 41.1 Å². The lowest BCUT2D eigenvalue weighted by atomic mass is 9.97. The molecule has 0 aromatic heterocycles. The van der Waals surface area contributed by atoms with Crippen molar-refractivity contribution in [3.05, 3.63) is 35.6 Å². The number of amides is 1. The van der Waals surface area contributed by atoms with Crippen molar-refractivity contribution >= 4 is 5.91 Å². The Balaban J connectivity index is 1.85. The normalized spacial score (nSPS) is 23.6. The SMILES string of the molecule is CC1CNCC1C(=O)NCc1ccc(F)cc1. The fourth-order valence-corrected chi connectivity index (χ4v) is 2.08. The molecule has 0 radical (unpaired) electrons. The molecule has 17 heavy (non-hydrogen) atoms. The van der Waals surface area contributed by atoms with Crippen LogP contribution >= 0.6 is 0 Å². The molecular weight excluding hydrogens is 219 g/mol. The second-order valence-corrected chi connectivity index (χ2v) is 4.59. The maximum Gasteiger partial charge on any atom is 0.224 e. The zero-order valence-electron chi connectivity index (χ0n) is 9.87. The number of carbonyl (C=O) groups excluding carboxylic acids is 1. The Morgan fingerprint density at radius 3 is 2.71 bits per heavy atom. The van der Waals surface area contributed by atoms with Crippen molar-refractivity contribution in [1.29, 1.82) is 0 Å². The van der Waals surface area contributed by atoms with Gasteiger partial charge in [0.15, 0.2) is 0 Å². The summed E-state index contributed by atoms with van der Waals surface area (Å²) >= 11 is 0. The van der Waals surface area contributed by atoms with Crippen molar-refractivity contribution in [2.24, 2.45) is 11.8 Å². The number of benzene rings is 1. The monoisotopic (exact) mass is 236 g/mol. The summed E-state index contributed by atoms with van der Waals surface area (Å²) in [4.78, 5) is 11.9. The zero-order chi connectivity index (χ0) is 12.3. The predicted octanol–water partition coefficient (Wildman–Crippen LogP) is 1.30. The highest BCUT2D eigenvalue weighted by Crippen LogP contribution is 2.15. The van der Waals surface area contributed by atoms with E-state index in [-0.39, 0.29) is 17.6 Å². The summed E-state index contributed by atoms with van der Waals surface area (Å²) in [6, 6.07) is 6.18. The van der Waals surface area contributed by atoms with E-state index in [1.54, 1.807) is 12.1 Å². The van der Waals surface area contributed by atoms with Crippen LogP contribution in [0.2, 0.25) is 0 Å². The molecule has 2 rings (SSSR count). The van der Waals surface area contributed by atoms with Gasteiger partial charge in [0.2, 0.25) is 5.91 Å². The first kappa shape index (κ1) is 12.0. The second kappa shape index (κ2) is 5.27. The molecule has 1 aliphatic heterocycles. The van der Waals surface area contributed by atoms with E-state index in [2.05, 4.69) is 17.6 Å². The molecule has 2 N–H and O–H groups in total. The first-order chi connectivity index (χ1) is 8.16. The molecule has 3 nitrogen and oxygen atoms in total. The predicted molar refractivity (Wildman–Crippen MR) is 63.8 cm³/mol. The number of nitrogens with one attached hydrogen (secondary N) is 2. The maximum atomic E-state index is 12.7. The quantitative estimate of drug-likeness (QED) is 0.830. The van der Waals surface area contributed by atoms with Crippen LogP contribution in [0.25, 0.3) is 0 Å². The molecule has 92 valence electrons. The number of hydrogen-bond donors (Lipinski definition) is 2. The van der Waals surface area contributed by atoms with Gasteiger partial charge in [0.05, 0.1) is 5.92 Å². The van der Waals surface area contributed by atoms with Gasteiger partial charge in [0.25, 0.3) is 0 Å². The lowest BCUT2D eigenvalue weighted by molar-refractivity contribution is -0.125. The number of rotatable bonds is 3. The van der Waals surface area contributed by atoms with Gasteiger partial charge < -0.3 is 10.6 Å². The fourth-order valence-electron chi connectivity index (χ4n) is 2.08. The highest BCUT2D eigenvalue weighted by molar-refractivity contribution is 5.79. The van der Waals surface area contributed by atoms with Crippen molar-refractivity contribution < 1.29 is 9.18 Å². The summed E-state index contributed by atoms with van der Waals surface area (Å²) in [6.45, 7) is 4.18. The molecule has 2 atom stereocenters. The van der Waals surface area contributed by atoms with Gasteiger partial charge in [-0.2, -0.15) is 0 Å². The van der Waals surface area contributed by atoms with Crippen LogP contribution in [0, 0.1) is 17.7 Å². The molecular formula is C13H17FN2O. The molecule has 2 unspecified atom stereocenters. The maximum absolute atomic E-state index is 12.7. The van der Waals surface area contributed by atoms with E-state index in [1.165, 1.54) is 12.1 Å². The van der Waals surface area contributed by atoms with Crippen molar-refractivity contribution in [2.45, 2.75) is 13.5 Å². The first-order valence-corrected chi connectivity index (χ1v) is 5.89. The lowest BCUT2D eigenvalue weighted by Gasteiger charge is -2.14. The van der Waals surface area contributed by atoms with E-state index in [4.69, 9.17) is 0 Å². The van der Waals surface area contributed by atoms with Crippen LogP contribution in [0.15, 0.2) is 24.3 Å². The number of hydrogen-bond acceptors (Lipinski definition) is 2. The van der Waals surface area contributed by atoms with E-state index in [1.807, 2.05) is 0 Å². The van der Waals surface area contributed by atoms with Crippen LogP contribution in [-0.4, -0.2) is 19.0 Å². The van der Waals surface area contributed by atoms with E-state index in [0.29, 0.717) is 12.5 Å². The van der Waals surface area contributed by atoms with Gasteiger partial charge in [0.1, 0.15) is 5.82 Å². The summed E-state index contributed by atoms with van der Waals surface area (Å²) < 4.78 is 12.7. The van der Waals surface area contributed by atoms with Crippen LogP contribution in [-0.2, 0) is 11.3 Å². The second-order valence-electron chi connectivity index (χ2n) is 4.59. The Bertz CT molecular complexity index is 391. The van der Waals surface area contributed by atoms with Crippen LogP contribution in [0.3, 0.4) is 0 Å². The Morgan fingerprint density at radius 1 is 1.41 bits per heavy atom. The zero-order valence-corrected chi connectivity index (χ0v) is 9.87. The summed E-state index contributed by atoms with van der Waals surface area (Å²) in [5.41, 5.74) is 0.915. The van der Waals surface area contributed by atoms with E-state index in [0.717, 1.165) is 18.7 Å². The van der Waals surface area contributed by atoms with Gasteiger partial charge in [-0.15, -0.1) is 0 Å². The van der Waals surface area contributed by atoms with Gasteiger partial charge in [-0.1, -0.05) is 19.1 Å². The number of carbonyl (C=O) groups is 1. The summed E-state index contributed by atoms with van der Waals surface area (Å²) in [5.74, 6) is 0.249. The van der Waals surface area contributed by atoms with Gasteiger partial charge in [-0.25, -0.2) is 4.39 Å². The third-order valence-corrected chi connectivity index (χ3v) is 3.23. The van der Waals surface area contributed by atoms with Crippen LogP contribution in [0.1, 0.15) is 12.5 Å². The summed E-state index contributed by atoms with van der Waals surface area (Å²) in [6.07, 6.45) is 0. The first-order valence-electron chi connectivity index (χ1n) is 5.89. The van der Waals surface area contributed by atoms with Gasteiger partial charge in [-0.05, 0) is 30.2 Å². The minimum Gasteiger partial charge on any atom is -0.352 e. The Kier molecular flexibility index (Phi) is 3.74. The van der Waals surface area contributed by atoms with E-state index >= 15 is 0 Å². The number of halogens is 1. The lowest BCUT2D eigenvalue weighted by Crippen LogP contribution is -2.33. The van der Waals surface area contributed by atoms with Crippen molar-refractivity contribution in [1.82, 2.24) is 10.6 Å². The fraction of sp³-hybridized carbons (Fsp3) is 0.462. The highest BCUT2D eigenvalue weighted by Gasteiger charge is 2.29. The molecule has 1 fully saturated rings. The van der Waals surface area contributed by atoms with E-state index in [9.17, 15) is 9.18 Å². The third-order valence-electron chi connectivity index (χ3n) is 3.23. The average molecular weight is 236 g/mol. The Hall–Kier alpha value is -1.42. The molecule has 1 aromatic rings. The van der Waals surface area contributed by atoms with Crippen LogP contribution in [0.5, 0.6) is 0 Å².